The highest BCUT2D eigenvalue weighted by Crippen LogP contribution is 2.03. The quantitative estimate of drug-likeness (QED) is 0.660. The zero-order chi connectivity index (χ0) is 8.10. The van der Waals surface area contributed by atoms with Crippen LogP contribution >= 0.6 is 0 Å². The molecule has 0 bridgehead atoms. The second kappa shape index (κ2) is 4.14. The Morgan fingerprint density at radius 1 is 1.09 bits per heavy atom. The van der Waals surface area contributed by atoms with Crippen LogP contribution in [0.2, 0.25) is 0 Å². The van der Waals surface area contributed by atoms with Gasteiger partial charge in [0, 0.05) is 5.56 Å². The highest BCUT2D eigenvalue weighted by Gasteiger charge is 1.92. The first kappa shape index (κ1) is 8.28. The molecule has 0 saturated heterocycles. The van der Waals surface area contributed by atoms with E-state index < -0.39 is 0 Å². The summed E-state index contributed by atoms with van der Waals surface area (Å²) >= 11 is 0. The van der Waals surface area contributed by atoms with Gasteiger partial charge in [-0.15, -0.1) is 0 Å². The highest BCUT2D eigenvalue weighted by molar-refractivity contribution is 5.21. The van der Waals surface area contributed by atoms with Gasteiger partial charge in [-0.2, -0.15) is 0 Å². The van der Waals surface area contributed by atoms with Gasteiger partial charge < -0.3 is 5.32 Å². The standard InChI is InChI=1S/C10H15N/c1-3-9-4-6-10(7-5-9)8-11-2/h4-7,11H,3,8H2,1-2H3/p+1. The van der Waals surface area contributed by atoms with E-state index in [0.717, 1.165) is 13.0 Å². The van der Waals surface area contributed by atoms with Crippen molar-refractivity contribution in [1.82, 2.24) is 0 Å². The molecule has 1 heteroatoms. The van der Waals surface area contributed by atoms with Crippen LogP contribution in [0.5, 0.6) is 0 Å². The van der Waals surface area contributed by atoms with Gasteiger partial charge in [-0.1, -0.05) is 31.2 Å². The van der Waals surface area contributed by atoms with Gasteiger partial charge >= 0.3 is 0 Å². The molecule has 0 aromatic heterocycles. The summed E-state index contributed by atoms with van der Waals surface area (Å²) in [5.41, 5.74) is 2.83. The zero-order valence-corrected chi connectivity index (χ0v) is 7.30. The number of aryl methyl sites for hydroxylation is 1. The Hall–Kier alpha value is -0.820. The molecule has 0 fully saturated rings. The van der Waals surface area contributed by atoms with Crippen molar-refractivity contribution in [2.45, 2.75) is 19.9 Å². The fourth-order valence-electron chi connectivity index (χ4n) is 1.15. The predicted molar refractivity (Wildman–Crippen MR) is 47.4 cm³/mol. The van der Waals surface area contributed by atoms with E-state index in [1.807, 2.05) is 0 Å². The lowest BCUT2D eigenvalue weighted by Gasteiger charge is -1.98. The molecule has 1 aromatic carbocycles. The molecule has 1 nitrogen and oxygen atoms in total. The third-order valence-corrected chi connectivity index (χ3v) is 1.87. The van der Waals surface area contributed by atoms with E-state index in [0.29, 0.717) is 0 Å². The lowest BCUT2D eigenvalue weighted by Crippen LogP contribution is -2.77. The van der Waals surface area contributed by atoms with Gasteiger partial charge in [0.2, 0.25) is 0 Å². The largest absolute Gasteiger partial charge is 0.345 e. The van der Waals surface area contributed by atoms with Crippen LogP contribution in [0.15, 0.2) is 24.3 Å². The van der Waals surface area contributed by atoms with Crippen molar-refractivity contribution in [3.8, 4) is 0 Å². The summed E-state index contributed by atoms with van der Waals surface area (Å²) in [7, 11) is 2.09. The molecule has 0 radical (unpaired) electrons. The Morgan fingerprint density at radius 3 is 2.09 bits per heavy atom. The van der Waals surface area contributed by atoms with Gasteiger partial charge in [0.15, 0.2) is 0 Å². The van der Waals surface area contributed by atoms with Crippen molar-refractivity contribution < 1.29 is 5.32 Å². The first-order valence-corrected chi connectivity index (χ1v) is 4.22. The zero-order valence-electron chi connectivity index (χ0n) is 7.30. The predicted octanol–water partition coefficient (Wildman–Crippen LogP) is 0.942. The lowest BCUT2D eigenvalue weighted by molar-refractivity contribution is -0.643. The first-order valence-electron chi connectivity index (χ1n) is 4.22. The Kier molecular flexibility index (Phi) is 3.12. The molecule has 0 atom stereocenters. The van der Waals surface area contributed by atoms with Crippen LogP contribution in [0.4, 0.5) is 0 Å². The van der Waals surface area contributed by atoms with Crippen LogP contribution in [0.1, 0.15) is 18.1 Å². The number of benzene rings is 1. The number of hydrogen-bond donors (Lipinski definition) is 1. The molecule has 11 heavy (non-hydrogen) atoms. The summed E-state index contributed by atoms with van der Waals surface area (Å²) in [5, 5.41) is 2.18. The summed E-state index contributed by atoms with van der Waals surface area (Å²) < 4.78 is 0. The van der Waals surface area contributed by atoms with Crippen molar-refractivity contribution in [3.05, 3.63) is 35.4 Å². The van der Waals surface area contributed by atoms with Gasteiger partial charge in [0.25, 0.3) is 0 Å². The van der Waals surface area contributed by atoms with Crippen LogP contribution in [-0.4, -0.2) is 7.05 Å². The topological polar surface area (TPSA) is 16.6 Å². The van der Waals surface area contributed by atoms with Gasteiger partial charge in [-0.05, 0) is 12.0 Å². The molecule has 0 aliphatic rings. The van der Waals surface area contributed by atoms with Crippen molar-refractivity contribution in [1.29, 1.82) is 0 Å². The molecular formula is C10H16N+. The molecule has 0 aliphatic heterocycles. The number of hydrogen-bond acceptors (Lipinski definition) is 0. The molecule has 60 valence electrons. The summed E-state index contributed by atoms with van der Waals surface area (Å²) in [6.07, 6.45) is 1.14. The molecule has 1 rings (SSSR count). The number of quaternary nitrogens is 1. The van der Waals surface area contributed by atoms with Crippen LogP contribution in [0, 0.1) is 0 Å². The fourth-order valence-corrected chi connectivity index (χ4v) is 1.15. The van der Waals surface area contributed by atoms with Gasteiger partial charge in [-0.3, -0.25) is 0 Å². The maximum Gasteiger partial charge on any atom is 0.101 e. The van der Waals surface area contributed by atoms with Crippen molar-refractivity contribution in [2.75, 3.05) is 7.05 Å². The van der Waals surface area contributed by atoms with Gasteiger partial charge in [0.1, 0.15) is 6.54 Å². The van der Waals surface area contributed by atoms with Crippen molar-refractivity contribution >= 4 is 0 Å². The molecule has 0 unspecified atom stereocenters. The number of nitrogens with two attached hydrogens (primary N) is 1. The lowest BCUT2D eigenvalue weighted by atomic mass is 10.1. The van der Waals surface area contributed by atoms with Crippen LogP contribution < -0.4 is 5.32 Å². The normalized spacial score (nSPS) is 10.0. The fraction of sp³-hybridized carbons (Fsp3) is 0.400. The van der Waals surface area contributed by atoms with E-state index in [4.69, 9.17) is 0 Å². The van der Waals surface area contributed by atoms with E-state index in [1.54, 1.807) is 0 Å². The van der Waals surface area contributed by atoms with Crippen LogP contribution in [0.3, 0.4) is 0 Å². The van der Waals surface area contributed by atoms with E-state index in [1.165, 1.54) is 11.1 Å². The molecule has 1 aromatic rings. The average molecular weight is 150 g/mol. The molecule has 0 amide bonds. The third-order valence-electron chi connectivity index (χ3n) is 1.87. The molecular weight excluding hydrogens is 134 g/mol. The monoisotopic (exact) mass is 150 g/mol. The average Bonchev–Trinajstić information content (AvgIpc) is 2.07. The second-order valence-corrected chi connectivity index (χ2v) is 2.78. The Morgan fingerprint density at radius 2 is 1.64 bits per heavy atom. The summed E-state index contributed by atoms with van der Waals surface area (Å²) in [5.74, 6) is 0. The van der Waals surface area contributed by atoms with E-state index in [9.17, 15) is 0 Å². The number of rotatable bonds is 3. The summed E-state index contributed by atoms with van der Waals surface area (Å²) in [6.45, 7) is 3.27. The van der Waals surface area contributed by atoms with Gasteiger partial charge in [0.05, 0.1) is 7.05 Å². The maximum absolute atomic E-state index is 2.21. The summed E-state index contributed by atoms with van der Waals surface area (Å²) in [4.78, 5) is 0. The minimum Gasteiger partial charge on any atom is -0.345 e. The maximum atomic E-state index is 2.21. The molecule has 0 aliphatic carbocycles. The van der Waals surface area contributed by atoms with Crippen LogP contribution in [0.25, 0.3) is 0 Å². The Bertz CT molecular complexity index is 201. The van der Waals surface area contributed by atoms with Crippen molar-refractivity contribution in [3.63, 3.8) is 0 Å². The molecule has 0 spiro atoms. The Labute approximate surface area is 68.4 Å². The molecule has 0 saturated carbocycles. The minimum atomic E-state index is 1.09. The van der Waals surface area contributed by atoms with Gasteiger partial charge in [-0.25, -0.2) is 0 Å². The van der Waals surface area contributed by atoms with Crippen molar-refractivity contribution in [2.24, 2.45) is 0 Å². The van der Waals surface area contributed by atoms with E-state index in [-0.39, 0.29) is 0 Å². The molecule has 2 N–H and O–H groups in total. The Balaban J connectivity index is 2.66. The van der Waals surface area contributed by atoms with E-state index in [2.05, 4.69) is 43.6 Å². The SMILES string of the molecule is CCc1ccc(C[NH2+]C)cc1. The first-order chi connectivity index (χ1) is 5.36. The second-order valence-electron chi connectivity index (χ2n) is 2.78. The third kappa shape index (κ3) is 2.35. The minimum absolute atomic E-state index is 1.09. The highest BCUT2D eigenvalue weighted by atomic mass is 14.8. The van der Waals surface area contributed by atoms with Crippen LogP contribution in [-0.2, 0) is 13.0 Å². The van der Waals surface area contributed by atoms with E-state index >= 15 is 0 Å². The molecule has 0 heterocycles. The summed E-state index contributed by atoms with van der Waals surface area (Å²) in [6, 6.07) is 8.83. The smallest absolute Gasteiger partial charge is 0.101 e.